The van der Waals surface area contributed by atoms with Gasteiger partial charge in [0.2, 0.25) is 0 Å². The third kappa shape index (κ3) is 1.85. The van der Waals surface area contributed by atoms with Crippen molar-refractivity contribution in [1.29, 1.82) is 0 Å². The van der Waals surface area contributed by atoms with E-state index in [-0.39, 0.29) is 21.9 Å². The van der Waals surface area contributed by atoms with E-state index in [1.165, 1.54) is 16.8 Å². The van der Waals surface area contributed by atoms with Crippen LogP contribution in [0, 0.1) is 17.8 Å². The van der Waals surface area contributed by atoms with Gasteiger partial charge in [0, 0.05) is 16.5 Å². The Labute approximate surface area is 153 Å². The molecule has 0 spiro atoms. The summed E-state index contributed by atoms with van der Waals surface area (Å²) in [5.74, 6) is 0. The number of hydrogen-bond donors (Lipinski definition) is 0. The van der Waals surface area contributed by atoms with E-state index in [0.717, 1.165) is 0 Å². The second-order valence-electron chi connectivity index (χ2n) is 9.72. The van der Waals surface area contributed by atoms with Gasteiger partial charge in [0.25, 0.3) is 0 Å². The number of rotatable bonds is 1. The molecular formula is C24H31N. The maximum atomic E-state index is 2.61. The molecule has 1 nitrogen and oxygen atoms in total. The van der Waals surface area contributed by atoms with Crippen LogP contribution in [0.1, 0.15) is 54.0 Å². The Morgan fingerprint density at radius 2 is 1.32 bits per heavy atom. The maximum Gasteiger partial charge on any atom is 0.0812 e. The van der Waals surface area contributed by atoms with Crippen LogP contribution < -0.4 is 4.90 Å². The quantitative estimate of drug-likeness (QED) is 0.552. The molecule has 1 saturated heterocycles. The van der Waals surface area contributed by atoms with Gasteiger partial charge < -0.3 is 4.90 Å². The van der Waals surface area contributed by atoms with Crippen molar-refractivity contribution in [3.8, 4) is 0 Å². The number of hydrogen-bond acceptors (Lipinski definition) is 1. The fourth-order valence-electron chi connectivity index (χ4n) is 5.89. The lowest BCUT2D eigenvalue weighted by Crippen LogP contribution is -2.75. The highest BCUT2D eigenvalue weighted by atomic mass is 15.3. The molecule has 1 heterocycles. The molecule has 1 heteroatoms. The van der Waals surface area contributed by atoms with Gasteiger partial charge in [-0.3, -0.25) is 0 Å². The smallest absolute Gasteiger partial charge is 0.0812 e. The highest BCUT2D eigenvalue weighted by Gasteiger charge is 2.65. The predicted octanol–water partition coefficient (Wildman–Crippen LogP) is 6.21. The molecule has 0 radical (unpaired) electrons. The Morgan fingerprint density at radius 3 is 1.92 bits per heavy atom. The van der Waals surface area contributed by atoms with Gasteiger partial charge in [0.05, 0.1) is 11.1 Å². The van der Waals surface area contributed by atoms with Crippen LogP contribution >= 0.6 is 0 Å². The summed E-state index contributed by atoms with van der Waals surface area (Å²) in [6.07, 6.45) is 7.40. The standard InChI is InChI=1S/C24H31N/c1-16-9-11-18(12-10-16)25-23(7)14-13-21(3,4)19-20(23)24(25,8)15-17(2)22(19,5)6/h9-15H,1-8H3. The van der Waals surface area contributed by atoms with Crippen LogP contribution in [0.3, 0.4) is 0 Å². The van der Waals surface area contributed by atoms with Crippen LogP contribution in [0.2, 0.25) is 0 Å². The fraction of sp³-hybridized carbons (Fsp3) is 0.500. The van der Waals surface area contributed by atoms with Crippen LogP contribution in [-0.4, -0.2) is 11.1 Å². The first-order valence-electron chi connectivity index (χ1n) is 9.48. The fourth-order valence-corrected chi connectivity index (χ4v) is 5.89. The zero-order valence-corrected chi connectivity index (χ0v) is 17.0. The molecule has 0 N–H and O–H groups in total. The van der Waals surface area contributed by atoms with Crippen molar-refractivity contribution in [2.45, 2.75) is 66.5 Å². The number of anilines is 1. The Morgan fingerprint density at radius 1 is 0.720 bits per heavy atom. The molecule has 2 atom stereocenters. The zero-order chi connectivity index (χ0) is 18.4. The molecule has 0 saturated carbocycles. The summed E-state index contributed by atoms with van der Waals surface area (Å²) in [7, 11) is 0. The molecule has 1 aromatic rings. The molecule has 3 aliphatic rings. The average molecular weight is 334 g/mol. The van der Waals surface area contributed by atoms with Gasteiger partial charge in [-0.15, -0.1) is 0 Å². The monoisotopic (exact) mass is 333 g/mol. The van der Waals surface area contributed by atoms with E-state index >= 15 is 0 Å². The van der Waals surface area contributed by atoms with Crippen LogP contribution in [-0.2, 0) is 0 Å². The van der Waals surface area contributed by atoms with Gasteiger partial charge in [-0.25, -0.2) is 0 Å². The van der Waals surface area contributed by atoms with E-state index in [0.29, 0.717) is 0 Å². The van der Waals surface area contributed by atoms with Crippen LogP contribution in [0.25, 0.3) is 0 Å². The predicted molar refractivity (Wildman–Crippen MR) is 108 cm³/mol. The molecule has 4 rings (SSSR count). The second kappa shape index (κ2) is 4.50. The van der Waals surface area contributed by atoms with E-state index in [2.05, 4.69) is 103 Å². The normalized spacial score (nSPS) is 34.4. The van der Waals surface area contributed by atoms with Gasteiger partial charge in [-0.1, -0.05) is 69.2 Å². The summed E-state index contributed by atoms with van der Waals surface area (Å²) < 4.78 is 0. The maximum absolute atomic E-state index is 2.61. The first kappa shape index (κ1) is 16.7. The molecule has 1 aliphatic heterocycles. The van der Waals surface area contributed by atoms with Crippen LogP contribution in [0.4, 0.5) is 5.69 Å². The summed E-state index contributed by atoms with van der Waals surface area (Å²) >= 11 is 0. The van der Waals surface area contributed by atoms with E-state index in [1.807, 2.05) is 0 Å². The van der Waals surface area contributed by atoms with Crippen molar-refractivity contribution in [2.75, 3.05) is 4.90 Å². The Balaban J connectivity index is 1.98. The van der Waals surface area contributed by atoms with Gasteiger partial charge in [-0.2, -0.15) is 0 Å². The molecular weight excluding hydrogens is 302 g/mol. The largest absolute Gasteiger partial charge is 0.346 e. The van der Waals surface area contributed by atoms with Crippen molar-refractivity contribution in [3.05, 3.63) is 64.8 Å². The first-order chi connectivity index (χ1) is 11.4. The SMILES string of the molecule is CC1=CC2(C)C3=C(C(C)(C)C=CC3(C)N2c2ccc(C)cc2)C1(C)C. The molecule has 132 valence electrons. The van der Waals surface area contributed by atoms with E-state index < -0.39 is 0 Å². The number of nitrogens with zero attached hydrogens (tertiary/aromatic N) is 1. The zero-order valence-electron chi connectivity index (χ0n) is 17.0. The van der Waals surface area contributed by atoms with Gasteiger partial charge in [-0.05, 0) is 51.0 Å². The lowest BCUT2D eigenvalue weighted by atomic mass is 9.48. The average Bonchev–Trinajstić information content (AvgIpc) is 2.50. The van der Waals surface area contributed by atoms with E-state index in [1.54, 1.807) is 11.1 Å². The summed E-state index contributed by atoms with van der Waals surface area (Å²) in [6, 6.07) is 9.01. The molecule has 0 amide bonds. The molecule has 1 fully saturated rings. The Kier molecular flexibility index (Phi) is 3.00. The second-order valence-corrected chi connectivity index (χ2v) is 9.72. The molecule has 1 aromatic carbocycles. The summed E-state index contributed by atoms with van der Waals surface area (Å²) in [5, 5.41) is 0. The van der Waals surface area contributed by atoms with Gasteiger partial charge in [0.15, 0.2) is 0 Å². The van der Waals surface area contributed by atoms with Crippen LogP contribution in [0.15, 0.2) is 59.2 Å². The van der Waals surface area contributed by atoms with E-state index in [9.17, 15) is 0 Å². The summed E-state index contributed by atoms with van der Waals surface area (Å²) in [4.78, 5) is 2.61. The molecule has 0 bridgehead atoms. The molecule has 25 heavy (non-hydrogen) atoms. The lowest BCUT2D eigenvalue weighted by molar-refractivity contribution is 0.264. The number of aryl methyl sites for hydroxylation is 1. The van der Waals surface area contributed by atoms with Gasteiger partial charge >= 0.3 is 0 Å². The van der Waals surface area contributed by atoms with Crippen molar-refractivity contribution in [2.24, 2.45) is 10.8 Å². The Hall–Kier alpha value is -1.76. The van der Waals surface area contributed by atoms with Crippen LogP contribution in [0.5, 0.6) is 0 Å². The highest BCUT2D eigenvalue weighted by molar-refractivity contribution is 5.77. The minimum absolute atomic E-state index is 0.0245. The lowest BCUT2D eigenvalue weighted by Gasteiger charge is -2.71. The van der Waals surface area contributed by atoms with Crippen molar-refractivity contribution < 1.29 is 0 Å². The number of benzene rings is 1. The van der Waals surface area contributed by atoms with Crippen molar-refractivity contribution in [3.63, 3.8) is 0 Å². The summed E-state index contributed by atoms with van der Waals surface area (Å²) in [6.45, 7) is 18.8. The minimum atomic E-state index is -0.0268. The highest BCUT2D eigenvalue weighted by Crippen LogP contribution is 2.66. The van der Waals surface area contributed by atoms with E-state index in [4.69, 9.17) is 0 Å². The topological polar surface area (TPSA) is 3.24 Å². The first-order valence-corrected chi connectivity index (χ1v) is 9.48. The van der Waals surface area contributed by atoms with Gasteiger partial charge in [0.1, 0.15) is 0 Å². The van der Waals surface area contributed by atoms with Crippen molar-refractivity contribution >= 4 is 5.69 Å². The summed E-state index contributed by atoms with van der Waals surface area (Å²) in [5.41, 5.74) is 7.51. The third-order valence-corrected chi connectivity index (χ3v) is 7.06. The minimum Gasteiger partial charge on any atom is -0.346 e. The molecule has 2 unspecified atom stereocenters. The molecule has 2 aliphatic carbocycles. The number of allylic oxidation sites excluding steroid dienone is 3. The molecule has 0 aromatic heterocycles. The third-order valence-electron chi connectivity index (χ3n) is 7.06. The Bertz CT molecular complexity index is 847. The van der Waals surface area contributed by atoms with Crippen molar-refractivity contribution in [1.82, 2.24) is 0 Å².